The van der Waals surface area contributed by atoms with Crippen molar-refractivity contribution in [3.8, 4) is 0 Å². The van der Waals surface area contributed by atoms with E-state index in [1.807, 2.05) is 36.4 Å². The Labute approximate surface area is 188 Å². The van der Waals surface area contributed by atoms with Crippen LogP contribution >= 0.6 is 0 Å². The maximum Gasteiger partial charge on any atom is 0.338 e. The molecule has 0 aromatic heterocycles. The zero-order valence-corrected chi connectivity index (χ0v) is 18.4. The van der Waals surface area contributed by atoms with Gasteiger partial charge in [0, 0.05) is 11.8 Å². The molecule has 8 atom stereocenters. The first-order chi connectivity index (χ1) is 15.4. The number of rotatable bonds is 4. The van der Waals surface area contributed by atoms with Crippen molar-refractivity contribution in [2.24, 2.45) is 22.7 Å². The van der Waals surface area contributed by atoms with Gasteiger partial charge in [0.25, 0.3) is 0 Å². The molecule has 2 saturated heterocycles. The van der Waals surface area contributed by atoms with Crippen molar-refractivity contribution in [3.05, 3.63) is 71.8 Å². The monoisotopic (exact) mass is 432 g/mol. The summed E-state index contributed by atoms with van der Waals surface area (Å²) in [7, 11) is 0. The molecule has 0 radical (unpaired) electrons. The van der Waals surface area contributed by atoms with E-state index in [4.69, 9.17) is 14.2 Å². The molecule has 4 bridgehead atoms. The van der Waals surface area contributed by atoms with E-state index in [-0.39, 0.29) is 23.0 Å². The second-order valence-electron chi connectivity index (χ2n) is 10.6. The van der Waals surface area contributed by atoms with Crippen molar-refractivity contribution in [2.75, 3.05) is 0 Å². The van der Waals surface area contributed by atoms with Crippen LogP contribution in [0.4, 0.5) is 0 Å². The van der Waals surface area contributed by atoms with Crippen LogP contribution in [0, 0.1) is 22.7 Å². The molecule has 2 saturated carbocycles. The van der Waals surface area contributed by atoms with Crippen LogP contribution in [0.1, 0.15) is 53.8 Å². The number of hydrogen-bond donors (Lipinski definition) is 0. The highest BCUT2D eigenvalue weighted by molar-refractivity contribution is 5.90. The fraction of sp³-hybridized carbons (Fsp3) is 0.481. The van der Waals surface area contributed by atoms with Gasteiger partial charge in [0.1, 0.15) is 12.2 Å². The summed E-state index contributed by atoms with van der Waals surface area (Å²) in [5.41, 5.74) is 1.35. The summed E-state index contributed by atoms with van der Waals surface area (Å²) < 4.78 is 18.6. The maximum absolute atomic E-state index is 13.0. The van der Waals surface area contributed by atoms with Gasteiger partial charge in [-0.15, -0.1) is 0 Å². The fourth-order valence-electron chi connectivity index (χ4n) is 7.40. The van der Waals surface area contributed by atoms with Crippen LogP contribution < -0.4 is 0 Å². The van der Waals surface area contributed by atoms with Gasteiger partial charge in [0.15, 0.2) is 12.2 Å². The van der Waals surface area contributed by atoms with Crippen molar-refractivity contribution in [1.29, 1.82) is 0 Å². The molecule has 4 aliphatic rings. The van der Waals surface area contributed by atoms with Crippen molar-refractivity contribution in [1.82, 2.24) is 0 Å². The number of fused-ring (bicyclic) bond motifs is 9. The van der Waals surface area contributed by atoms with E-state index < -0.39 is 24.1 Å². The molecule has 2 aliphatic heterocycles. The zero-order valence-electron chi connectivity index (χ0n) is 18.4. The van der Waals surface area contributed by atoms with Crippen LogP contribution in [0.3, 0.4) is 0 Å². The minimum atomic E-state index is -0.596. The lowest BCUT2D eigenvalue weighted by molar-refractivity contribution is -0.0768. The molecule has 5 heteroatoms. The highest BCUT2D eigenvalue weighted by Gasteiger charge is 2.76. The van der Waals surface area contributed by atoms with Crippen LogP contribution in [0.2, 0.25) is 0 Å². The van der Waals surface area contributed by atoms with Gasteiger partial charge in [-0.1, -0.05) is 50.2 Å². The smallest absolute Gasteiger partial charge is 0.338 e. The van der Waals surface area contributed by atoms with Crippen molar-refractivity contribution >= 4 is 11.9 Å². The molecule has 2 aromatic rings. The van der Waals surface area contributed by atoms with Gasteiger partial charge in [-0.25, -0.2) is 9.59 Å². The summed E-state index contributed by atoms with van der Waals surface area (Å²) in [5, 5.41) is 0. The topological polar surface area (TPSA) is 61.8 Å². The van der Waals surface area contributed by atoms with E-state index in [1.54, 1.807) is 24.3 Å². The summed E-state index contributed by atoms with van der Waals surface area (Å²) in [5.74, 6) is -0.148. The predicted octanol–water partition coefficient (Wildman–Crippen LogP) is 4.66. The van der Waals surface area contributed by atoms with Gasteiger partial charge in [0.05, 0.1) is 11.1 Å². The minimum Gasteiger partial charge on any atom is -0.452 e. The second kappa shape index (κ2) is 6.92. The Hall–Kier alpha value is -2.66. The number of carbonyl (C=O) groups excluding carboxylic acids is 2. The number of carbonyl (C=O) groups is 2. The molecule has 0 amide bonds. The first-order valence-electron chi connectivity index (χ1n) is 11.6. The van der Waals surface area contributed by atoms with Gasteiger partial charge < -0.3 is 14.2 Å². The van der Waals surface area contributed by atoms with Gasteiger partial charge in [0.2, 0.25) is 0 Å². The molecule has 2 aromatic carbocycles. The van der Waals surface area contributed by atoms with E-state index in [0.29, 0.717) is 23.0 Å². The van der Waals surface area contributed by atoms with Crippen LogP contribution in [0.5, 0.6) is 0 Å². The molecule has 2 heterocycles. The van der Waals surface area contributed by atoms with E-state index in [0.717, 1.165) is 6.42 Å². The summed E-state index contributed by atoms with van der Waals surface area (Å²) in [4.78, 5) is 25.9. The first kappa shape index (κ1) is 20.0. The zero-order chi connectivity index (χ0) is 22.1. The van der Waals surface area contributed by atoms with Crippen LogP contribution in [-0.2, 0) is 14.2 Å². The minimum absolute atomic E-state index is 0.185. The predicted molar refractivity (Wildman–Crippen MR) is 117 cm³/mol. The quantitative estimate of drug-likeness (QED) is 0.658. The standard InChI is InChI=1S/C27H28O5/c1-26-13-14-27(2,15-26)19-18(26)20-22(31-24(28)16-9-5-3-6-10-16)23(21(19)30-20)32-25(29)17-11-7-4-8-12-17/h3-12,18-23H,13-15H2,1-2H3. The van der Waals surface area contributed by atoms with Gasteiger partial charge in [-0.2, -0.15) is 0 Å². The van der Waals surface area contributed by atoms with Crippen LogP contribution in [0.25, 0.3) is 0 Å². The van der Waals surface area contributed by atoms with E-state index in [1.165, 1.54) is 12.8 Å². The molecule has 0 N–H and O–H groups in total. The number of esters is 2. The molecule has 4 fully saturated rings. The fourth-order valence-corrected chi connectivity index (χ4v) is 7.40. The lowest BCUT2D eigenvalue weighted by Crippen LogP contribution is -2.54. The molecular formula is C27H28O5. The SMILES string of the molecule is CC12CCC(C)(C1)C1C3OC(C(OC(=O)c4ccccc4)C3OC(=O)c3ccccc3)C12. The van der Waals surface area contributed by atoms with Crippen molar-refractivity contribution in [3.63, 3.8) is 0 Å². The van der Waals surface area contributed by atoms with Gasteiger partial charge in [-0.3, -0.25) is 0 Å². The largest absolute Gasteiger partial charge is 0.452 e. The first-order valence-corrected chi connectivity index (χ1v) is 11.6. The Morgan fingerprint density at radius 1 is 0.750 bits per heavy atom. The Bertz CT molecular complexity index is 969. The highest BCUT2D eigenvalue weighted by Crippen LogP contribution is 2.73. The Balaban J connectivity index is 1.32. The molecule has 166 valence electrons. The normalized spacial score (nSPS) is 40.8. The third-order valence-electron chi connectivity index (χ3n) is 8.57. The molecule has 8 unspecified atom stereocenters. The number of hydrogen-bond acceptors (Lipinski definition) is 5. The van der Waals surface area contributed by atoms with E-state index >= 15 is 0 Å². The average molecular weight is 433 g/mol. The Kier molecular flexibility index (Phi) is 4.32. The molecule has 6 rings (SSSR count). The molecule has 0 spiro atoms. The number of ether oxygens (including phenoxy) is 3. The lowest BCUT2D eigenvalue weighted by Gasteiger charge is -2.45. The van der Waals surface area contributed by atoms with E-state index in [9.17, 15) is 9.59 Å². The second-order valence-corrected chi connectivity index (χ2v) is 10.6. The summed E-state index contributed by atoms with van der Waals surface area (Å²) >= 11 is 0. The molecule has 2 aliphatic carbocycles. The Morgan fingerprint density at radius 2 is 1.16 bits per heavy atom. The van der Waals surface area contributed by atoms with Crippen molar-refractivity contribution in [2.45, 2.75) is 57.5 Å². The number of benzene rings is 2. The summed E-state index contributed by atoms with van der Waals surface area (Å²) in [6.45, 7) is 4.71. The van der Waals surface area contributed by atoms with Crippen LogP contribution in [-0.4, -0.2) is 36.4 Å². The third-order valence-corrected chi connectivity index (χ3v) is 8.57. The molecule has 5 nitrogen and oxygen atoms in total. The molecular weight excluding hydrogens is 404 g/mol. The maximum atomic E-state index is 13.0. The third kappa shape index (κ3) is 2.80. The van der Waals surface area contributed by atoms with Gasteiger partial charge in [-0.05, 0) is 54.4 Å². The van der Waals surface area contributed by atoms with Crippen molar-refractivity contribution < 1.29 is 23.8 Å². The average Bonchev–Trinajstić information content (AvgIpc) is 3.51. The Morgan fingerprint density at radius 3 is 1.56 bits per heavy atom. The highest BCUT2D eigenvalue weighted by atomic mass is 16.6. The summed E-state index contributed by atoms with van der Waals surface area (Å²) in [6.07, 6.45) is 1.83. The van der Waals surface area contributed by atoms with E-state index in [2.05, 4.69) is 13.8 Å². The summed E-state index contributed by atoms with van der Waals surface area (Å²) in [6, 6.07) is 17.9. The van der Waals surface area contributed by atoms with Gasteiger partial charge >= 0.3 is 11.9 Å². The molecule has 32 heavy (non-hydrogen) atoms. The van der Waals surface area contributed by atoms with Crippen LogP contribution in [0.15, 0.2) is 60.7 Å². The lowest BCUT2D eigenvalue weighted by atomic mass is 9.61.